The maximum Gasteiger partial charge on any atom is 0.331 e. The molecule has 4 heteroatoms. The molecule has 0 amide bonds. The molecule has 0 heterocycles. The number of carboxylic acids is 1. The van der Waals surface area contributed by atoms with E-state index < -0.39 is 11.9 Å². The van der Waals surface area contributed by atoms with Crippen molar-refractivity contribution in [1.82, 2.24) is 0 Å². The van der Waals surface area contributed by atoms with Crippen LogP contribution in [-0.4, -0.2) is 17.0 Å². The number of aryl methyl sites for hydroxylation is 1. The van der Waals surface area contributed by atoms with Gasteiger partial charge >= 0.3 is 11.9 Å². The second-order valence-corrected chi connectivity index (χ2v) is 4.86. The SMILES string of the molecule is CCCCCCc1ccccc1COC(=O)/C=C\C(=O)O. The van der Waals surface area contributed by atoms with Crippen LogP contribution in [0.2, 0.25) is 0 Å². The minimum atomic E-state index is -1.16. The number of rotatable bonds is 9. The molecule has 0 saturated carbocycles. The quantitative estimate of drug-likeness (QED) is 0.429. The third-order valence-electron chi connectivity index (χ3n) is 3.15. The largest absolute Gasteiger partial charge is 0.478 e. The molecule has 0 spiro atoms. The second kappa shape index (κ2) is 9.75. The van der Waals surface area contributed by atoms with Gasteiger partial charge in [0, 0.05) is 12.2 Å². The number of aliphatic carboxylic acids is 1. The van der Waals surface area contributed by atoms with Gasteiger partial charge in [-0.05, 0) is 24.0 Å². The number of benzene rings is 1. The summed E-state index contributed by atoms with van der Waals surface area (Å²) in [5, 5.41) is 8.44. The molecule has 0 atom stereocenters. The molecule has 114 valence electrons. The average molecular weight is 290 g/mol. The van der Waals surface area contributed by atoms with E-state index in [1.165, 1.54) is 24.8 Å². The Morgan fingerprint density at radius 2 is 1.81 bits per heavy atom. The molecule has 0 fully saturated rings. The average Bonchev–Trinajstić information content (AvgIpc) is 2.48. The molecule has 21 heavy (non-hydrogen) atoms. The Balaban J connectivity index is 2.50. The highest BCUT2D eigenvalue weighted by Crippen LogP contribution is 2.14. The van der Waals surface area contributed by atoms with Gasteiger partial charge in [-0.3, -0.25) is 0 Å². The zero-order chi connectivity index (χ0) is 15.5. The topological polar surface area (TPSA) is 63.6 Å². The number of esters is 1. The summed E-state index contributed by atoms with van der Waals surface area (Å²) < 4.78 is 5.06. The Hall–Kier alpha value is -2.10. The fraction of sp³-hybridized carbons (Fsp3) is 0.412. The van der Waals surface area contributed by atoms with Gasteiger partial charge in [-0.15, -0.1) is 0 Å². The predicted molar refractivity (Wildman–Crippen MR) is 80.9 cm³/mol. The first-order valence-electron chi connectivity index (χ1n) is 7.28. The molecule has 1 aromatic carbocycles. The van der Waals surface area contributed by atoms with Crippen LogP contribution in [0.1, 0.15) is 43.7 Å². The molecule has 0 bridgehead atoms. The number of carbonyl (C=O) groups excluding carboxylic acids is 1. The summed E-state index contributed by atoms with van der Waals surface area (Å²) in [6.07, 6.45) is 7.43. The molecule has 4 nitrogen and oxygen atoms in total. The van der Waals surface area contributed by atoms with E-state index in [2.05, 4.69) is 6.92 Å². The van der Waals surface area contributed by atoms with Gasteiger partial charge in [-0.2, -0.15) is 0 Å². The van der Waals surface area contributed by atoms with Crippen LogP contribution in [0.15, 0.2) is 36.4 Å². The summed E-state index contributed by atoms with van der Waals surface area (Å²) in [6, 6.07) is 7.86. The second-order valence-electron chi connectivity index (χ2n) is 4.86. The van der Waals surface area contributed by atoms with Gasteiger partial charge in [0.2, 0.25) is 0 Å². The first-order valence-corrected chi connectivity index (χ1v) is 7.28. The molecular weight excluding hydrogens is 268 g/mol. The van der Waals surface area contributed by atoms with E-state index in [4.69, 9.17) is 9.84 Å². The van der Waals surface area contributed by atoms with Gasteiger partial charge in [0.25, 0.3) is 0 Å². The van der Waals surface area contributed by atoms with Crippen LogP contribution in [0, 0.1) is 0 Å². The van der Waals surface area contributed by atoms with E-state index in [0.29, 0.717) is 0 Å². The van der Waals surface area contributed by atoms with E-state index in [1.807, 2.05) is 24.3 Å². The molecule has 0 aliphatic rings. The fourth-order valence-electron chi connectivity index (χ4n) is 2.02. The monoisotopic (exact) mass is 290 g/mol. The Morgan fingerprint density at radius 3 is 2.48 bits per heavy atom. The maximum absolute atomic E-state index is 11.4. The van der Waals surface area contributed by atoms with Crippen LogP contribution < -0.4 is 0 Å². The zero-order valence-corrected chi connectivity index (χ0v) is 12.4. The molecule has 0 unspecified atom stereocenters. The van der Waals surface area contributed by atoms with Crippen molar-refractivity contribution in [3.8, 4) is 0 Å². The highest BCUT2D eigenvalue weighted by molar-refractivity contribution is 5.90. The molecule has 0 aromatic heterocycles. The summed E-state index contributed by atoms with van der Waals surface area (Å²) in [4.78, 5) is 21.7. The molecule has 1 N–H and O–H groups in total. The lowest BCUT2D eigenvalue weighted by molar-refractivity contribution is -0.139. The minimum absolute atomic E-state index is 0.173. The van der Waals surface area contributed by atoms with E-state index in [9.17, 15) is 9.59 Å². The maximum atomic E-state index is 11.4. The summed E-state index contributed by atoms with van der Waals surface area (Å²) in [5.74, 6) is -1.80. The van der Waals surface area contributed by atoms with Crippen molar-refractivity contribution in [3.05, 3.63) is 47.5 Å². The van der Waals surface area contributed by atoms with Crippen molar-refractivity contribution in [2.45, 2.75) is 45.6 Å². The van der Waals surface area contributed by atoms with Crippen molar-refractivity contribution >= 4 is 11.9 Å². The standard InChI is InChI=1S/C17H22O4/c1-2-3-4-5-8-14-9-6-7-10-15(14)13-21-17(20)12-11-16(18)19/h6-7,9-12H,2-5,8,13H2,1H3,(H,18,19)/b12-11-. The Morgan fingerprint density at radius 1 is 1.10 bits per heavy atom. The number of ether oxygens (including phenoxy) is 1. The Kier molecular flexibility index (Phi) is 7.87. The summed E-state index contributed by atoms with van der Waals surface area (Å²) in [5.41, 5.74) is 2.16. The van der Waals surface area contributed by atoms with E-state index in [0.717, 1.165) is 30.6 Å². The number of hydrogen-bond acceptors (Lipinski definition) is 3. The molecule has 0 aliphatic carbocycles. The third-order valence-corrected chi connectivity index (χ3v) is 3.15. The third kappa shape index (κ3) is 7.30. The van der Waals surface area contributed by atoms with Gasteiger partial charge in [0.15, 0.2) is 0 Å². The Labute approximate surface area is 125 Å². The van der Waals surface area contributed by atoms with Gasteiger partial charge in [0.05, 0.1) is 0 Å². The predicted octanol–water partition coefficient (Wildman–Crippen LogP) is 3.49. The molecule has 0 aliphatic heterocycles. The highest BCUT2D eigenvalue weighted by Gasteiger charge is 2.05. The van der Waals surface area contributed by atoms with Gasteiger partial charge in [-0.1, -0.05) is 50.5 Å². The molecule has 1 aromatic rings. The minimum Gasteiger partial charge on any atom is -0.478 e. The van der Waals surface area contributed by atoms with E-state index in [1.54, 1.807) is 0 Å². The zero-order valence-electron chi connectivity index (χ0n) is 12.4. The number of carboxylic acid groups (broad SMARTS) is 1. The van der Waals surface area contributed by atoms with Crippen LogP contribution in [0.5, 0.6) is 0 Å². The lowest BCUT2D eigenvalue weighted by Gasteiger charge is -2.09. The van der Waals surface area contributed by atoms with Crippen LogP contribution >= 0.6 is 0 Å². The number of unbranched alkanes of at least 4 members (excludes halogenated alkanes) is 3. The molecule has 0 saturated heterocycles. The van der Waals surface area contributed by atoms with Crippen molar-refractivity contribution in [1.29, 1.82) is 0 Å². The smallest absolute Gasteiger partial charge is 0.331 e. The first-order chi connectivity index (χ1) is 10.1. The van der Waals surface area contributed by atoms with Crippen LogP contribution in [0.3, 0.4) is 0 Å². The molecule has 1 rings (SSSR count). The van der Waals surface area contributed by atoms with E-state index >= 15 is 0 Å². The van der Waals surface area contributed by atoms with Crippen LogP contribution in [0.4, 0.5) is 0 Å². The molecular formula is C17H22O4. The Bertz CT molecular complexity index is 491. The fourth-order valence-corrected chi connectivity index (χ4v) is 2.02. The first kappa shape index (κ1) is 17.0. The van der Waals surface area contributed by atoms with Crippen molar-refractivity contribution in [3.63, 3.8) is 0 Å². The normalized spacial score (nSPS) is 10.7. The summed E-state index contributed by atoms with van der Waals surface area (Å²) in [6.45, 7) is 2.35. The van der Waals surface area contributed by atoms with Crippen molar-refractivity contribution in [2.24, 2.45) is 0 Å². The molecule has 0 radical (unpaired) electrons. The van der Waals surface area contributed by atoms with Crippen molar-refractivity contribution in [2.75, 3.05) is 0 Å². The number of hydrogen-bond donors (Lipinski definition) is 1. The lowest BCUT2D eigenvalue weighted by Crippen LogP contribution is -2.04. The van der Waals surface area contributed by atoms with Crippen LogP contribution in [0.25, 0.3) is 0 Å². The van der Waals surface area contributed by atoms with Gasteiger partial charge in [-0.25, -0.2) is 9.59 Å². The van der Waals surface area contributed by atoms with Gasteiger partial charge < -0.3 is 9.84 Å². The van der Waals surface area contributed by atoms with Crippen LogP contribution in [-0.2, 0) is 27.4 Å². The number of carbonyl (C=O) groups is 2. The summed E-state index contributed by atoms with van der Waals surface area (Å²) >= 11 is 0. The summed E-state index contributed by atoms with van der Waals surface area (Å²) in [7, 11) is 0. The lowest BCUT2D eigenvalue weighted by atomic mass is 10.0. The highest BCUT2D eigenvalue weighted by atomic mass is 16.5. The van der Waals surface area contributed by atoms with E-state index in [-0.39, 0.29) is 6.61 Å². The van der Waals surface area contributed by atoms with Gasteiger partial charge in [0.1, 0.15) is 6.61 Å². The van der Waals surface area contributed by atoms with Crippen molar-refractivity contribution < 1.29 is 19.4 Å².